The number of carbonyl (C=O) groups is 1. The van der Waals surface area contributed by atoms with Crippen molar-refractivity contribution in [3.8, 4) is 0 Å². The molecule has 2 saturated heterocycles. The summed E-state index contributed by atoms with van der Waals surface area (Å²) in [5.41, 5.74) is 0.702. The number of aromatic nitrogens is 1. The fourth-order valence-corrected chi connectivity index (χ4v) is 4.25. The van der Waals surface area contributed by atoms with Gasteiger partial charge in [0.15, 0.2) is 0 Å². The number of methoxy groups -OCH3 is 1. The van der Waals surface area contributed by atoms with Crippen molar-refractivity contribution in [2.75, 3.05) is 59.7 Å². The van der Waals surface area contributed by atoms with E-state index in [1.165, 1.54) is 0 Å². The molecule has 0 aromatic carbocycles. The summed E-state index contributed by atoms with van der Waals surface area (Å²) in [5.74, 6) is 0.202. The maximum absolute atomic E-state index is 13.4. The van der Waals surface area contributed by atoms with Crippen LogP contribution >= 0.6 is 0 Å². The number of ether oxygens (including phenoxy) is 3. The predicted molar refractivity (Wildman–Crippen MR) is 99.2 cm³/mol. The summed E-state index contributed by atoms with van der Waals surface area (Å²) in [6.07, 6.45) is 5.38. The van der Waals surface area contributed by atoms with Crippen molar-refractivity contribution in [2.45, 2.75) is 25.0 Å². The molecule has 148 valence electrons. The van der Waals surface area contributed by atoms with Gasteiger partial charge >= 0.3 is 0 Å². The van der Waals surface area contributed by atoms with Crippen LogP contribution in [0.5, 0.6) is 0 Å². The van der Waals surface area contributed by atoms with Crippen molar-refractivity contribution in [3.05, 3.63) is 30.1 Å². The standard InChI is InChI=1S/C20H29N3O4/c1-25-15-20(4-5-20)19(24)23-9-12-27-17(14-22-7-10-26-11-8-22)18(23)16-3-2-6-21-13-16/h2-3,6,13,17-18H,4-5,7-12,14-15H2,1H3/t17-,18-/m0/s1. The average molecular weight is 375 g/mol. The highest BCUT2D eigenvalue weighted by Gasteiger charge is 2.54. The van der Waals surface area contributed by atoms with Gasteiger partial charge in [0.05, 0.1) is 44.0 Å². The second-order valence-electron chi connectivity index (χ2n) is 7.77. The van der Waals surface area contributed by atoms with Crippen LogP contribution in [0.3, 0.4) is 0 Å². The first-order valence-electron chi connectivity index (χ1n) is 9.85. The van der Waals surface area contributed by atoms with Gasteiger partial charge in [-0.1, -0.05) is 6.07 Å². The molecule has 0 N–H and O–H groups in total. The number of pyridine rings is 1. The zero-order valence-corrected chi connectivity index (χ0v) is 16.0. The third-order valence-electron chi connectivity index (χ3n) is 5.91. The Morgan fingerprint density at radius 2 is 2.11 bits per heavy atom. The lowest BCUT2D eigenvalue weighted by molar-refractivity contribution is -0.156. The minimum Gasteiger partial charge on any atom is -0.384 e. The van der Waals surface area contributed by atoms with Gasteiger partial charge in [-0.05, 0) is 24.5 Å². The SMILES string of the molecule is COCC1(C(=O)N2CCO[C@@H](CN3CCOCC3)[C@@H]2c2cccnc2)CC1. The van der Waals surface area contributed by atoms with E-state index in [1.54, 1.807) is 13.3 Å². The van der Waals surface area contributed by atoms with E-state index in [1.807, 2.05) is 17.2 Å². The second-order valence-corrected chi connectivity index (χ2v) is 7.77. The van der Waals surface area contributed by atoms with Gasteiger partial charge in [-0.3, -0.25) is 14.7 Å². The molecule has 0 radical (unpaired) electrons. The Morgan fingerprint density at radius 3 is 2.78 bits per heavy atom. The molecule has 1 amide bonds. The van der Waals surface area contributed by atoms with Crippen LogP contribution in [0, 0.1) is 5.41 Å². The molecule has 0 unspecified atom stereocenters. The van der Waals surface area contributed by atoms with Gasteiger partial charge in [0.2, 0.25) is 5.91 Å². The zero-order chi connectivity index (χ0) is 18.7. The number of carbonyl (C=O) groups excluding carboxylic acids is 1. The topological polar surface area (TPSA) is 64.1 Å². The highest BCUT2D eigenvalue weighted by molar-refractivity contribution is 5.86. The number of morpholine rings is 2. The monoisotopic (exact) mass is 375 g/mol. The van der Waals surface area contributed by atoms with Crippen molar-refractivity contribution < 1.29 is 19.0 Å². The maximum atomic E-state index is 13.4. The van der Waals surface area contributed by atoms with Crippen molar-refractivity contribution in [2.24, 2.45) is 5.41 Å². The van der Waals surface area contributed by atoms with Gasteiger partial charge in [-0.25, -0.2) is 0 Å². The predicted octanol–water partition coefficient (Wildman–Crippen LogP) is 1.11. The van der Waals surface area contributed by atoms with Gasteiger partial charge in [-0.2, -0.15) is 0 Å². The Kier molecular flexibility index (Phi) is 5.73. The molecular formula is C20H29N3O4. The lowest BCUT2D eigenvalue weighted by atomic mass is 9.96. The molecule has 3 fully saturated rings. The Balaban J connectivity index is 1.58. The molecule has 1 aromatic heterocycles. The number of rotatable bonds is 6. The molecule has 1 aliphatic carbocycles. The van der Waals surface area contributed by atoms with Gasteiger partial charge < -0.3 is 19.1 Å². The molecule has 1 aromatic rings. The van der Waals surface area contributed by atoms with Crippen molar-refractivity contribution in [1.82, 2.24) is 14.8 Å². The van der Waals surface area contributed by atoms with Crippen LogP contribution in [0.15, 0.2) is 24.5 Å². The van der Waals surface area contributed by atoms with E-state index in [-0.39, 0.29) is 23.5 Å². The molecule has 3 heterocycles. The minimum absolute atomic E-state index is 0.0663. The summed E-state index contributed by atoms with van der Waals surface area (Å²) in [4.78, 5) is 22.1. The van der Waals surface area contributed by atoms with Crippen LogP contribution in [0.2, 0.25) is 0 Å². The smallest absolute Gasteiger partial charge is 0.231 e. The second kappa shape index (κ2) is 8.22. The average Bonchev–Trinajstić information content (AvgIpc) is 3.50. The van der Waals surface area contributed by atoms with Crippen molar-refractivity contribution in [1.29, 1.82) is 0 Å². The van der Waals surface area contributed by atoms with Gasteiger partial charge in [0, 0.05) is 45.7 Å². The third kappa shape index (κ3) is 4.01. The fraction of sp³-hybridized carbons (Fsp3) is 0.700. The lowest BCUT2D eigenvalue weighted by Crippen LogP contribution is -2.54. The van der Waals surface area contributed by atoms with Crippen molar-refractivity contribution >= 4 is 5.91 Å². The number of nitrogens with zero attached hydrogens (tertiary/aromatic N) is 3. The first kappa shape index (κ1) is 18.8. The first-order chi connectivity index (χ1) is 13.2. The van der Waals surface area contributed by atoms with Gasteiger partial charge in [-0.15, -0.1) is 0 Å². The van der Waals surface area contributed by atoms with E-state index in [4.69, 9.17) is 14.2 Å². The highest BCUT2D eigenvalue weighted by Crippen LogP contribution is 2.49. The van der Waals surface area contributed by atoms with E-state index in [0.717, 1.165) is 51.3 Å². The Labute approximate surface area is 160 Å². The van der Waals surface area contributed by atoms with Crippen LogP contribution in [-0.4, -0.2) is 86.5 Å². The molecule has 0 bridgehead atoms. The Hall–Kier alpha value is -1.54. The highest BCUT2D eigenvalue weighted by atomic mass is 16.5. The number of amides is 1. The molecule has 4 rings (SSSR count). The number of hydrogen-bond donors (Lipinski definition) is 0. The van der Waals surface area contributed by atoms with E-state index < -0.39 is 0 Å². The van der Waals surface area contributed by atoms with Crippen LogP contribution < -0.4 is 0 Å². The maximum Gasteiger partial charge on any atom is 0.231 e. The summed E-state index contributed by atoms with van der Waals surface area (Å²) < 4.78 is 17.0. The molecular weight excluding hydrogens is 346 g/mol. The summed E-state index contributed by atoms with van der Waals surface area (Å²) in [5, 5.41) is 0. The Morgan fingerprint density at radius 1 is 1.30 bits per heavy atom. The molecule has 7 nitrogen and oxygen atoms in total. The Bertz CT molecular complexity index is 631. The summed E-state index contributed by atoms with van der Waals surface area (Å²) in [7, 11) is 1.67. The number of hydrogen-bond acceptors (Lipinski definition) is 6. The van der Waals surface area contributed by atoms with Gasteiger partial charge in [0.1, 0.15) is 0 Å². The quantitative estimate of drug-likeness (QED) is 0.742. The lowest BCUT2D eigenvalue weighted by Gasteiger charge is -2.44. The van der Waals surface area contributed by atoms with Crippen LogP contribution in [0.25, 0.3) is 0 Å². The van der Waals surface area contributed by atoms with E-state index in [2.05, 4.69) is 16.0 Å². The first-order valence-corrected chi connectivity index (χ1v) is 9.85. The summed E-state index contributed by atoms with van der Waals surface area (Å²) in [6, 6.07) is 3.87. The van der Waals surface area contributed by atoms with E-state index in [9.17, 15) is 4.79 Å². The van der Waals surface area contributed by atoms with E-state index >= 15 is 0 Å². The summed E-state index contributed by atoms with van der Waals surface area (Å²) >= 11 is 0. The normalized spacial score (nSPS) is 28.1. The molecule has 0 spiro atoms. The van der Waals surface area contributed by atoms with Crippen molar-refractivity contribution in [3.63, 3.8) is 0 Å². The largest absolute Gasteiger partial charge is 0.384 e. The molecule has 2 atom stereocenters. The van der Waals surface area contributed by atoms with Crippen LogP contribution in [-0.2, 0) is 19.0 Å². The van der Waals surface area contributed by atoms with Gasteiger partial charge in [0.25, 0.3) is 0 Å². The summed E-state index contributed by atoms with van der Waals surface area (Å²) in [6.45, 7) is 5.79. The third-order valence-corrected chi connectivity index (χ3v) is 5.91. The van der Waals surface area contributed by atoms with E-state index in [0.29, 0.717) is 19.8 Å². The van der Waals surface area contributed by atoms with Crippen LogP contribution in [0.1, 0.15) is 24.4 Å². The molecule has 3 aliphatic rings. The fourth-order valence-electron chi connectivity index (χ4n) is 4.25. The molecule has 7 heteroatoms. The minimum atomic E-state index is -0.337. The zero-order valence-electron chi connectivity index (χ0n) is 16.0. The van der Waals surface area contributed by atoms with Crippen LogP contribution in [0.4, 0.5) is 0 Å². The molecule has 27 heavy (non-hydrogen) atoms. The molecule has 1 saturated carbocycles. The molecule has 2 aliphatic heterocycles.